The Morgan fingerprint density at radius 1 is 1.19 bits per heavy atom. The van der Waals surface area contributed by atoms with E-state index >= 15 is 0 Å². The maximum Gasteiger partial charge on any atom is 0.238 e. The molecule has 2 unspecified atom stereocenters. The summed E-state index contributed by atoms with van der Waals surface area (Å²) < 4.78 is 0. The Hall–Kier alpha value is -1.35. The molecule has 0 radical (unpaired) electrons. The molecule has 1 aromatic rings. The molecule has 0 heterocycles. The number of hydrogen-bond acceptors (Lipinski definition) is 2. The first-order valence-corrected chi connectivity index (χ1v) is 8.16. The fourth-order valence-corrected chi connectivity index (χ4v) is 3.28. The highest BCUT2D eigenvalue weighted by Crippen LogP contribution is 2.30. The second-order valence-electron chi connectivity index (χ2n) is 6.59. The van der Waals surface area contributed by atoms with Crippen LogP contribution in [0.2, 0.25) is 0 Å². The Labute approximate surface area is 128 Å². The van der Waals surface area contributed by atoms with Crippen LogP contribution in [-0.4, -0.2) is 18.5 Å². The molecule has 1 aliphatic carbocycles. The van der Waals surface area contributed by atoms with Gasteiger partial charge in [0.15, 0.2) is 0 Å². The van der Waals surface area contributed by atoms with Crippen molar-refractivity contribution in [2.24, 2.45) is 11.8 Å². The van der Waals surface area contributed by atoms with Crippen LogP contribution in [0.3, 0.4) is 0 Å². The van der Waals surface area contributed by atoms with Crippen molar-refractivity contribution in [3.63, 3.8) is 0 Å². The molecule has 1 saturated carbocycles. The lowest BCUT2D eigenvalue weighted by Gasteiger charge is -2.35. The standard InChI is InChI=1S/C18H28N2O/c1-13(2)16-6-4-5-7-17(16)19-12-18(21)20-15-10-8-14(3)9-11-15/h8-11,13,16-17,19H,4-7,12H2,1-3H3,(H,20,21). The molecule has 0 bridgehead atoms. The van der Waals surface area contributed by atoms with Crippen molar-refractivity contribution in [2.75, 3.05) is 11.9 Å². The number of hydrogen-bond donors (Lipinski definition) is 2. The summed E-state index contributed by atoms with van der Waals surface area (Å²) in [5.74, 6) is 1.43. The Kier molecular flexibility index (Phi) is 5.80. The minimum Gasteiger partial charge on any atom is -0.325 e. The van der Waals surface area contributed by atoms with Gasteiger partial charge in [-0.3, -0.25) is 4.79 Å². The first-order chi connectivity index (χ1) is 10.1. The van der Waals surface area contributed by atoms with Crippen LogP contribution in [0.1, 0.15) is 45.1 Å². The Balaban J connectivity index is 1.81. The molecule has 1 fully saturated rings. The topological polar surface area (TPSA) is 41.1 Å². The van der Waals surface area contributed by atoms with E-state index in [0.717, 1.165) is 5.69 Å². The maximum atomic E-state index is 12.0. The zero-order valence-corrected chi connectivity index (χ0v) is 13.5. The molecular formula is C18H28N2O. The Morgan fingerprint density at radius 3 is 2.52 bits per heavy atom. The summed E-state index contributed by atoms with van der Waals surface area (Å²) in [5.41, 5.74) is 2.07. The molecule has 116 valence electrons. The minimum absolute atomic E-state index is 0.0481. The van der Waals surface area contributed by atoms with Gasteiger partial charge in [0.1, 0.15) is 0 Å². The number of rotatable bonds is 5. The lowest BCUT2D eigenvalue weighted by molar-refractivity contribution is -0.115. The number of carbonyl (C=O) groups excluding carboxylic acids is 1. The summed E-state index contributed by atoms with van der Waals surface area (Å²) in [6.07, 6.45) is 5.09. The molecule has 0 aliphatic heterocycles. The Morgan fingerprint density at radius 2 is 1.86 bits per heavy atom. The van der Waals surface area contributed by atoms with Gasteiger partial charge in [0.05, 0.1) is 6.54 Å². The van der Waals surface area contributed by atoms with Gasteiger partial charge in [-0.15, -0.1) is 0 Å². The number of nitrogens with one attached hydrogen (secondary N) is 2. The van der Waals surface area contributed by atoms with Crippen molar-refractivity contribution < 1.29 is 4.79 Å². The first kappa shape index (κ1) is 16.0. The molecule has 1 amide bonds. The second-order valence-corrected chi connectivity index (χ2v) is 6.59. The molecule has 1 aromatic carbocycles. The molecule has 2 N–H and O–H groups in total. The van der Waals surface area contributed by atoms with Gasteiger partial charge in [-0.25, -0.2) is 0 Å². The lowest BCUT2D eigenvalue weighted by atomic mass is 9.78. The normalized spacial score (nSPS) is 22.3. The molecule has 2 atom stereocenters. The van der Waals surface area contributed by atoms with Crippen LogP contribution >= 0.6 is 0 Å². The lowest BCUT2D eigenvalue weighted by Crippen LogP contribution is -2.44. The van der Waals surface area contributed by atoms with Crippen molar-refractivity contribution in [2.45, 2.75) is 52.5 Å². The van der Waals surface area contributed by atoms with Crippen molar-refractivity contribution in [3.8, 4) is 0 Å². The van der Waals surface area contributed by atoms with E-state index in [1.165, 1.54) is 31.2 Å². The predicted molar refractivity (Wildman–Crippen MR) is 88.4 cm³/mol. The van der Waals surface area contributed by atoms with Gasteiger partial charge < -0.3 is 10.6 Å². The highest BCUT2D eigenvalue weighted by molar-refractivity contribution is 5.92. The summed E-state index contributed by atoms with van der Waals surface area (Å²) >= 11 is 0. The monoisotopic (exact) mass is 288 g/mol. The molecule has 2 rings (SSSR count). The number of anilines is 1. The Bertz CT molecular complexity index is 453. The highest BCUT2D eigenvalue weighted by atomic mass is 16.1. The van der Waals surface area contributed by atoms with Crippen LogP contribution in [-0.2, 0) is 4.79 Å². The van der Waals surface area contributed by atoms with Crippen LogP contribution < -0.4 is 10.6 Å². The van der Waals surface area contributed by atoms with Crippen molar-refractivity contribution in [3.05, 3.63) is 29.8 Å². The fourth-order valence-electron chi connectivity index (χ4n) is 3.28. The van der Waals surface area contributed by atoms with E-state index in [2.05, 4.69) is 24.5 Å². The maximum absolute atomic E-state index is 12.0. The number of aryl methyl sites for hydroxylation is 1. The van der Waals surface area contributed by atoms with E-state index in [-0.39, 0.29) is 5.91 Å². The molecular weight excluding hydrogens is 260 g/mol. The summed E-state index contributed by atoms with van der Waals surface area (Å²) in [4.78, 5) is 12.0. The van der Waals surface area contributed by atoms with E-state index in [4.69, 9.17) is 0 Å². The zero-order valence-electron chi connectivity index (χ0n) is 13.5. The molecule has 0 saturated heterocycles. The van der Waals surface area contributed by atoms with Crippen LogP contribution in [0.4, 0.5) is 5.69 Å². The average molecular weight is 288 g/mol. The molecule has 21 heavy (non-hydrogen) atoms. The molecule has 3 heteroatoms. The van der Waals surface area contributed by atoms with E-state index in [1.54, 1.807) is 0 Å². The molecule has 3 nitrogen and oxygen atoms in total. The third-order valence-electron chi connectivity index (χ3n) is 4.54. The first-order valence-electron chi connectivity index (χ1n) is 8.16. The second kappa shape index (κ2) is 7.60. The minimum atomic E-state index is 0.0481. The molecule has 1 aliphatic rings. The van der Waals surface area contributed by atoms with Gasteiger partial charge in [-0.1, -0.05) is 44.4 Å². The van der Waals surface area contributed by atoms with Crippen LogP contribution in [0.25, 0.3) is 0 Å². The third-order valence-corrected chi connectivity index (χ3v) is 4.54. The van der Waals surface area contributed by atoms with Gasteiger partial charge in [-0.2, -0.15) is 0 Å². The third kappa shape index (κ3) is 4.85. The molecule has 0 spiro atoms. The quantitative estimate of drug-likeness (QED) is 0.866. The smallest absolute Gasteiger partial charge is 0.238 e. The number of benzene rings is 1. The average Bonchev–Trinajstić information content (AvgIpc) is 2.48. The van der Waals surface area contributed by atoms with Gasteiger partial charge in [0.25, 0.3) is 0 Å². The van der Waals surface area contributed by atoms with Crippen molar-refractivity contribution >= 4 is 11.6 Å². The summed E-state index contributed by atoms with van der Waals surface area (Å²) in [6.45, 7) is 7.03. The van der Waals surface area contributed by atoms with E-state index in [1.807, 2.05) is 31.2 Å². The summed E-state index contributed by atoms with van der Waals surface area (Å²) in [6, 6.07) is 8.41. The largest absolute Gasteiger partial charge is 0.325 e. The molecule has 0 aromatic heterocycles. The van der Waals surface area contributed by atoms with Gasteiger partial charge in [-0.05, 0) is 43.7 Å². The summed E-state index contributed by atoms with van der Waals surface area (Å²) in [7, 11) is 0. The number of carbonyl (C=O) groups is 1. The fraction of sp³-hybridized carbons (Fsp3) is 0.611. The zero-order chi connectivity index (χ0) is 15.2. The van der Waals surface area contributed by atoms with Crippen LogP contribution in [0, 0.1) is 18.8 Å². The summed E-state index contributed by atoms with van der Waals surface area (Å²) in [5, 5.41) is 6.42. The van der Waals surface area contributed by atoms with Crippen molar-refractivity contribution in [1.29, 1.82) is 0 Å². The van der Waals surface area contributed by atoms with Gasteiger partial charge >= 0.3 is 0 Å². The van der Waals surface area contributed by atoms with E-state index in [9.17, 15) is 4.79 Å². The SMILES string of the molecule is Cc1ccc(NC(=O)CNC2CCCCC2C(C)C)cc1. The highest BCUT2D eigenvalue weighted by Gasteiger charge is 2.27. The van der Waals surface area contributed by atoms with Crippen LogP contribution in [0.15, 0.2) is 24.3 Å². The van der Waals surface area contributed by atoms with Crippen molar-refractivity contribution in [1.82, 2.24) is 5.32 Å². The van der Waals surface area contributed by atoms with Crippen LogP contribution in [0.5, 0.6) is 0 Å². The van der Waals surface area contributed by atoms with Gasteiger partial charge in [0, 0.05) is 11.7 Å². The predicted octanol–water partition coefficient (Wildman–Crippen LogP) is 3.74. The van der Waals surface area contributed by atoms with E-state index < -0.39 is 0 Å². The number of amides is 1. The van der Waals surface area contributed by atoms with E-state index in [0.29, 0.717) is 24.4 Å². The van der Waals surface area contributed by atoms with Gasteiger partial charge in [0.2, 0.25) is 5.91 Å².